The Morgan fingerprint density at radius 3 is 2.81 bits per heavy atom. The van der Waals surface area contributed by atoms with Crippen molar-refractivity contribution in [2.75, 3.05) is 11.3 Å². The number of rotatable bonds is 5. The molecule has 1 N–H and O–H groups in total. The Balaban J connectivity index is 2.36. The van der Waals surface area contributed by atoms with E-state index in [9.17, 15) is 8.42 Å². The number of benzene rings is 1. The maximum atomic E-state index is 12.4. The standard InChI is InChI=1S/C12H11ClN4O3S/c1-17-12(9(13)8-15-17)21(18,19)16-10-4-2-3-5-11(10)20-7-6-14/h2-5,8,16H,7H2,1H3. The van der Waals surface area contributed by atoms with Crippen LogP contribution in [0, 0.1) is 11.3 Å². The van der Waals surface area contributed by atoms with E-state index in [-0.39, 0.29) is 28.1 Å². The van der Waals surface area contributed by atoms with Gasteiger partial charge >= 0.3 is 0 Å². The van der Waals surface area contributed by atoms with Gasteiger partial charge in [0.15, 0.2) is 11.6 Å². The minimum Gasteiger partial charge on any atom is -0.477 e. The van der Waals surface area contributed by atoms with Crippen molar-refractivity contribution in [2.45, 2.75) is 5.03 Å². The number of nitrogens with zero attached hydrogens (tertiary/aromatic N) is 3. The van der Waals surface area contributed by atoms with Crippen LogP contribution in [0.25, 0.3) is 0 Å². The van der Waals surface area contributed by atoms with Crippen LogP contribution in [-0.2, 0) is 17.1 Å². The van der Waals surface area contributed by atoms with Gasteiger partial charge < -0.3 is 4.74 Å². The minimum atomic E-state index is -3.92. The summed E-state index contributed by atoms with van der Waals surface area (Å²) in [4.78, 5) is 0. The molecule has 21 heavy (non-hydrogen) atoms. The first-order valence-corrected chi connectivity index (χ1v) is 7.61. The molecule has 110 valence electrons. The van der Waals surface area contributed by atoms with Gasteiger partial charge in [-0.05, 0) is 12.1 Å². The Kier molecular flexibility index (Phi) is 4.35. The highest BCUT2D eigenvalue weighted by molar-refractivity contribution is 7.92. The fourth-order valence-electron chi connectivity index (χ4n) is 1.68. The molecule has 0 aliphatic carbocycles. The van der Waals surface area contributed by atoms with Crippen LogP contribution in [0.2, 0.25) is 5.02 Å². The maximum absolute atomic E-state index is 12.4. The van der Waals surface area contributed by atoms with Crippen molar-refractivity contribution in [3.05, 3.63) is 35.5 Å². The lowest BCUT2D eigenvalue weighted by atomic mass is 10.3. The van der Waals surface area contributed by atoms with Crippen LogP contribution in [0.4, 0.5) is 5.69 Å². The third kappa shape index (κ3) is 3.26. The molecule has 0 spiro atoms. The Bertz CT molecular complexity index is 776. The summed E-state index contributed by atoms with van der Waals surface area (Å²) in [5.41, 5.74) is 0.213. The second-order valence-electron chi connectivity index (χ2n) is 3.97. The number of nitrogens with one attached hydrogen (secondary N) is 1. The summed E-state index contributed by atoms with van der Waals surface area (Å²) in [6.45, 7) is -0.189. The first-order chi connectivity index (χ1) is 9.95. The van der Waals surface area contributed by atoms with Crippen molar-refractivity contribution in [1.29, 1.82) is 5.26 Å². The Morgan fingerprint density at radius 1 is 1.48 bits per heavy atom. The van der Waals surface area contributed by atoms with Gasteiger partial charge in [-0.1, -0.05) is 23.7 Å². The molecule has 0 saturated heterocycles. The summed E-state index contributed by atoms with van der Waals surface area (Å²) < 4.78 is 33.4. The SMILES string of the molecule is Cn1ncc(Cl)c1S(=O)(=O)Nc1ccccc1OCC#N. The van der Waals surface area contributed by atoms with Crippen molar-refractivity contribution in [2.24, 2.45) is 7.05 Å². The van der Waals surface area contributed by atoms with E-state index in [1.807, 2.05) is 6.07 Å². The van der Waals surface area contributed by atoms with E-state index >= 15 is 0 Å². The van der Waals surface area contributed by atoms with Crippen molar-refractivity contribution < 1.29 is 13.2 Å². The summed E-state index contributed by atoms with van der Waals surface area (Å²) in [6.07, 6.45) is 1.24. The van der Waals surface area contributed by atoms with Crippen LogP contribution in [-0.4, -0.2) is 24.8 Å². The minimum absolute atomic E-state index is 0.0143. The molecule has 0 atom stereocenters. The first-order valence-electron chi connectivity index (χ1n) is 5.75. The topological polar surface area (TPSA) is 97.0 Å². The summed E-state index contributed by atoms with van der Waals surface area (Å²) in [7, 11) is -2.45. The van der Waals surface area contributed by atoms with Crippen LogP contribution in [0.5, 0.6) is 5.75 Å². The summed E-state index contributed by atoms with van der Waals surface area (Å²) in [6, 6.07) is 8.20. The molecule has 0 unspecified atom stereocenters. The zero-order chi connectivity index (χ0) is 15.5. The largest absolute Gasteiger partial charge is 0.477 e. The van der Waals surface area contributed by atoms with Crippen molar-refractivity contribution in [3.63, 3.8) is 0 Å². The number of hydrogen-bond acceptors (Lipinski definition) is 5. The number of nitriles is 1. The molecule has 1 heterocycles. The smallest absolute Gasteiger partial charge is 0.280 e. The van der Waals surface area contributed by atoms with Gasteiger partial charge in [0.05, 0.1) is 16.9 Å². The van der Waals surface area contributed by atoms with Gasteiger partial charge in [0.1, 0.15) is 11.8 Å². The molecule has 0 aliphatic rings. The highest BCUT2D eigenvalue weighted by Gasteiger charge is 2.23. The number of hydrogen-bond donors (Lipinski definition) is 1. The summed E-state index contributed by atoms with van der Waals surface area (Å²) >= 11 is 5.84. The number of aromatic nitrogens is 2. The molecule has 2 aromatic rings. The molecule has 0 radical (unpaired) electrons. The zero-order valence-corrected chi connectivity index (χ0v) is 12.5. The van der Waals surface area contributed by atoms with Gasteiger partial charge in [-0.25, -0.2) is 0 Å². The molecule has 0 saturated carbocycles. The van der Waals surface area contributed by atoms with Crippen molar-refractivity contribution >= 4 is 27.3 Å². The van der Waals surface area contributed by atoms with E-state index in [0.717, 1.165) is 4.68 Å². The predicted octanol–water partition coefficient (Wildman–Crippen LogP) is 1.78. The van der Waals surface area contributed by atoms with E-state index in [2.05, 4.69) is 9.82 Å². The number of sulfonamides is 1. The summed E-state index contributed by atoms with van der Waals surface area (Å²) in [5.74, 6) is 0.251. The molecular weight excluding hydrogens is 316 g/mol. The molecular formula is C12H11ClN4O3S. The van der Waals surface area contributed by atoms with Gasteiger partial charge in [-0.2, -0.15) is 18.8 Å². The Morgan fingerprint density at radius 2 is 2.19 bits per heavy atom. The molecule has 0 bridgehead atoms. The van der Waals surface area contributed by atoms with E-state index < -0.39 is 10.0 Å². The number of aryl methyl sites for hydroxylation is 1. The lowest BCUT2D eigenvalue weighted by Crippen LogP contribution is -2.17. The zero-order valence-electron chi connectivity index (χ0n) is 10.9. The number of halogens is 1. The average molecular weight is 327 g/mol. The van der Waals surface area contributed by atoms with Crippen LogP contribution >= 0.6 is 11.6 Å². The van der Waals surface area contributed by atoms with Crippen LogP contribution < -0.4 is 9.46 Å². The quantitative estimate of drug-likeness (QED) is 0.903. The summed E-state index contributed by atoms with van der Waals surface area (Å²) in [5, 5.41) is 12.2. The number of para-hydroxylation sites is 2. The first kappa shape index (κ1) is 15.2. The van der Waals surface area contributed by atoms with Crippen molar-refractivity contribution in [3.8, 4) is 11.8 Å². The van der Waals surface area contributed by atoms with Gasteiger partial charge in [0.2, 0.25) is 0 Å². The van der Waals surface area contributed by atoms with Crippen molar-refractivity contribution in [1.82, 2.24) is 9.78 Å². The number of anilines is 1. The molecule has 9 heteroatoms. The third-order valence-corrected chi connectivity index (χ3v) is 4.39. The third-order valence-electron chi connectivity index (χ3n) is 2.52. The monoisotopic (exact) mass is 326 g/mol. The molecule has 0 fully saturated rings. The van der Waals surface area contributed by atoms with Crippen LogP contribution in [0.1, 0.15) is 0 Å². The van der Waals surface area contributed by atoms with Gasteiger partial charge in [-0.3, -0.25) is 9.40 Å². The molecule has 0 aliphatic heterocycles. The fourth-order valence-corrected chi connectivity index (χ4v) is 3.41. The lowest BCUT2D eigenvalue weighted by Gasteiger charge is -2.12. The molecule has 1 aromatic carbocycles. The van der Waals surface area contributed by atoms with Gasteiger partial charge in [0, 0.05) is 7.05 Å². The number of ether oxygens (including phenoxy) is 1. The molecule has 2 rings (SSSR count). The van der Waals surface area contributed by atoms with E-state index in [4.69, 9.17) is 21.6 Å². The van der Waals surface area contributed by atoms with Crippen LogP contribution in [0.15, 0.2) is 35.5 Å². The van der Waals surface area contributed by atoms with E-state index in [0.29, 0.717) is 0 Å². The molecule has 1 aromatic heterocycles. The molecule has 0 amide bonds. The average Bonchev–Trinajstić information content (AvgIpc) is 2.77. The van der Waals surface area contributed by atoms with E-state index in [1.54, 1.807) is 18.2 Å². The Hall–Kier alpha value is -2.24. The predicted molar refractivity (Wildman–Crippen MR) is 76.6 cm³/mol. The Labute approximate surface area is 126 Å². The highest BCUT2D eigenvalue weighted by Crippen LogP contribution is 2.28. The van der Waals surface area contributed by atoms with Gasteiger partial charge in [-0.15, -0.1) is 0 Å². The maximum Gasteiger partial charge on any atom is 0.280 e. The normalized spacial score (nSPS) is 10.9. The van der Waals surface area contributed by atoms with Crippen LogP contribution in [0.3, 0.4) is 0 Å². The van der Waals surface area contributed by atoms with Gasteiger partial charge in [0.25, 0.3) is 10.0 Å². The second-order valence-corrected chi connectivity index (χ2v) is 5.97. The van der Waals surface area contributed by atoms with E-state index in [1.165, 1.54) is 19.3 Å². The lowest BCUT2D eigenvalue weighted by molar-refractivity contribution is 0.370. The second kappa shape index (κ2) is 6.03. The molecule has 7 nitrogen and oxygen atoms in total. The highest BCUT2D eigenvalue weighted by atomic mass is 35.5. The fraction of sp³-hybridized carbons (Fsp3) is 0.167.